The van der Waals surface area contributed by atoms with Crippen molar-refractivity contribution < 1.29 is 0 Å². The molecule has 1 nitrogen and oxygen atoms in total. The normalized spacial score (nSPS) is 14.4. The van der Waals surface area contributed by atoms with Crippen molar-refractivity contribution in [1.82, 2.24) is 0 Å². The molecule has 0 saturated carbocycles. The van der Waals surface area contributed by atoms with Gasteiger partial charge in [0.15, 0.2) is 0 Å². The molecule has 0 spiro atoms. The Labute approximate surface area is 118 Å². The van der Waals surface area contributed by atoms with Gasteiger partial charge in [-0.05, 0) is 43.2 Å². The summed E-state index contributed by atoms with van der Waals surface area (Å²) >= 11 is 7.87. The number of hydrogen-bond acceptors (Lipinski definition) is 2. The highest BCUT2D eigenvalue weighted by atomic mass is 35.5. The molecule has 3 heteroatoms. The molecule has 0 aliphatic rings. The van der Waals surface area contributed by atoms with Crippen LogP contribution in [-0.4, -0.2) is 0 Å². The number of aryl methyl sites for hydroxylation is 1. The Morgan fingerprint density at radius 3 is 2.56 bits per heavy atom. The maximum Gasteiger partial charge on any atom is 0.0430 e. The highest BCUT2D eigenvalue weighted by Gasteiger charge is 2.22. The van der Waals surface area contributed by atoms with Crippen molar-refractivity contribution in [2.45, 2.75) is 32.2 Å². The molecule has 0 saturated heterocycles. The average Bonchev–Trinajstić information content (AvgIpc) is 2.76. The molecular weight excluding hydrogens is 262 g/mol. The molecule has 2 N–H and O–H groups in total. The number of benzene rings is 1. The number of nitrogens with two attached hydrogens (primary N) is 1. The molecule has 0 aliphatic carbocycles. The van der Waals surface area contributed by atoms with Gasteiger partial charge in [0.1, 0.15) is 0 Å². The molecule has 0 amide bonds. The summed E-state index contributed by atoms with van der Waals surface area (Å²) in [5.74, 6) is 0. The quantitative estimate of drug-likeness (QED) is 0.883. The van der Waals surface area contributed by atoms with Gasteiger partial charge >= 0.3 is 0 Å². The predicted octanol–water partition coefficient (Wildman–Crippen LogP) is 4.38. The first kappa shape index (κ1) is 13.6. The van der Waals surface area contributed by atoms with Gasteiger partial charge in [-0.25, -0.2) is 0 Å². The zero-order valence-electron chi connectivity index (χ0n) is 10.7. The van der Waals surface area contributed by atoms with E-state index in [1.54, 1.807) is 0 Å². The minimum absolute atomic E-state index is 0.374. The van der Waals surface area contributed by atoms with E-state index in [1.807, 2.05) is 35.6 Å². The number of thiophene rings is 1. The van der Waals surface area contributed by atoms with E-state index in [0.29, 0.717) is 0 Å². The molecule has 2 aromatic rings. The molecule has 1 heterocycles. The summed E-state index contributed by atoms with van der Waals surface area (Å²) < 4.78 is 0. The highest BCUT2D eigenvalue weighted by Crippen LogP contribution is 2.28. The van der Waals surface area contributed by atoms with Crippen LogP contribution in [0.1, 0.15) is 29.2 Å². The third kappa shape index (κ3) is 3.14. The number of halogens is 1. The van der Waals surface area contributed by atoms with Crippen LogP contribution in [0.25, 0.3) is 0 Å². The summed E-state index contributed by atoms with van der Waals surface area (Å²) in [6, 6.07) is 12.2. The second-order valence-corrected chi connectivity index (χ2v) is 6.52. The fourth-order valence-corrected chi connectivity index (χ4v) is 3.33. The van der Waals surface area contributed by atoms with Gasteiger partial charge < -0.3 is 5.73 Å². The van der Waals surface area contributed by atoms with Crippen LogP contribution in [0, 0.1) is 0 Å². The van der Waals surface area contributed by atoms with Gasteiger partial charge in [-0.1, -0.05) is 30.7 Å². The molecule has 1 atom stereocenters. The van der Waals surface area contributed by atoms with Crippen LogP contribution in [0.3, 0.4) is 0 Å². The lowest BCUT2D eigenvalue weighted by atomic mass is 9.89. The van der Waals surface area contributed by atoms with Gasteiger partial charge in [0, 0.05) is 26.7 Å². The molecule has 18 heavy (non-hydrogen) atoms. The van der Waals surface area contributed by atoms with E-state index in [0.717, 1.165) is 23.4 Å². The molecule has 0 bridgehead atoms. The third-order valence-electron chi connectivity index (χ3n) is 3.09. The molecule has 96 valence electrons. The summed E-state index contributed by atoms with van der Waals surface area (Å²) in [4.78, 5) is 2.74. The van der Waals surface area contributed by atoms with Crippen molar-refractivity contribution >= 4 is 22.9 Å². The van der Waals surface area contributed by atoms with Crippen molar-refractivity contribution in [3.8, 4) is 0 Å². The first-order valence-corrected chi connectivity index (χ1v) is 7.33. The van der Waals surface area contributed by atoms with Crippen LogP contribution >= 0.6 is 22.9 Å². The third-order valence-corrected chi connectivity index (χ3v) is 4.56. The number of hydrogen-bond donors (Lipinski definition) is 1. The Balaban J connectivity index is 2.20. The smallest absolute Gasteiger partial charge is 0.0430 e. The van der Waals surface area contributed by atoms with Gasteiger partial charge in [0.05, 0.1) is 0 Å². The molecule has 1 aromatic heterocycles. The molecule has 1 aromatic carbocycles. The monoisotopic (exact) mass is 279 g/mol. The van der Waals surface area contributed by atoms with Crippen LogP contribution in [-0.2, 0) is 18.4 Å². The van der Waals surface area contributed by atoms with Gasteiger partial charge in [0.2, 0.25) is 0 Å². The lowest BCUT2D eigenvalue weighted by molar-refractivity contribution is 0.495. The summed E-state index contributed by atoms with van der Waals surface area (Å²) in [6.45, 7) is 4.23. The van der Waals surface area contributed by atoms with Crippen LogP contribution in [0.2, 0.25) is 5.02 Å². The second-order valence-electron chi connectivity index (χ2n) is 4.83. The van der Waals surface area contributed by atoms with Crippen molar-refractivity contribution in [2.75, 3.05) is 0 Å². The fraction of sp³-hybridized carbons (Fsp3) is 0.333. The van der Waals surface area contributed by atoms with Gasteiger partial charge in [-0.15, -0.1) is 11.3 Å². The molecule has 0 radical (unpaired) electrons. The molecule has 2 rings (SSSR count). The van der Waals surface area contributed by atoms with E-state index in [4.69, 9.17) is 17.3 Å². The van der Waals surface area contributed by atoms with Gasteiger partial charge in [-0.2, -0.15) is 0 Å². The lowest BCUT2D eigenvalue weighted by Gasteiger charge is -2.24. The van der Waals surface area contributed by atoms with Crippen molar-refractivity contribution in [1.29, 1.82) is 0 Å². The minimum Gasteiger partial charge on any atom is -0.321 e. The fourth-order valence-electron chi connectivity index (χ4n) is 2.02. The van der Waals surface area contributed by atoms with E-state index >= 15 is 0 Å². The van der Waals surface area contributed by atoms with E-state index < -0.39 is 0 Å². The van der Waals surface area contributed by atoms with Gasteiger partial charge in [0.25, 0.3) is 0 Å². The van der Waals surface area contributed by atoms with E-state index in [-0.39, 0.29) is 5.54 Å². The molecular formula is C15H18ClNS. The first-order valence-electron chi connectivity index (χ1n) is 6.14. The van der Waals surface area contributed by atoms with Crippen LogP contribution < -0.4 is 5.73 Å². The SMILES string of the molecule is CCc1ccc(CC(C)(N)c2cccc(Cl)c2)s1. The summed E-state index contributed by atoms with van der Waals surface area (Å²) in [7, 11) is 0. The molecule has 1 unspecified atom stereocenters. The highest BCUT2D eigenvalue weighted by molar-refractivity contribution is 7.12. The number of rotatable bonds is 4. The first-order chi connectivity index (χ1) is 8.51. The van der Waals surface area contributed by atoms with Crippen molar-refractivity contribution in [3.05, 3.63) is 56.7 Å². The van der Waals surface area contributed by atoms with Crippen molar-refractivity contribution in [3.63, 3.8) is 0 Å². The predicted molar refractivity (Wildman–Crippen MR) is 80.4 cm³/mol. The molecule has 0 fully saturated rings. The standard InChI is InChI=1S/C15H18ClNS/c1-3-13-7-8-14(18-13)10-15(2,17)11-5-4-6-12(16)9-11/h4-9H,3,10,17H2,1-2H3. The summed E-state index contributed by atoms with van der Waals surface area (Å²) in [5.41, 5.74) is 7.15. The largest absolute Gasteiger partial charge is 0.321 e. The Morgan fingerprint density at radius 1 is 1.22 bits per heavy atom. The maximum absolute atomic E-state index is 6.44. The Bertz CT molecular complexity index is 531. The Morgan fingerprint density at radius 2 is 1.94 bits per heavy atom. The lowest BCUT2D eigenvalue weighted by Crippen LogP contribution is -2.35. The second kappa shape index (κ2) is 5.43. The van der Waals surface area contributed by atoms with E-state index in [2.05, 4.69) is 26.0 Å². The summed E-state index contributed by atoms with van der Waals surface area (Å²) in [6.07, 6.45) is 1.93. The van der Waals surface area contributed by atoms with Gasteiger partial charge in [-0.3, -0.25) is 0 Å². The van der Waals surface area contributed by atoms with E-state index in [1.165, 1.54) is 9.75 Å². The maximum atomic E-state index is 6.44. The van der Waals surface area contributed by atoms with Crippen molar-refractivity contribution in [2.24, 2.45) is 5.73 Å². The zero-order valence-corrected chi connectivity index (χ0v) is 12.3. The zero-order chi connectivity index (χ0) is 13.2. The van der Waals surface area contributed by atoms with Crippen LogP contribution in [0.15, 0.2) is 36.4 Å². The van der Waals surface area contributed by atoms with Crippen LogP contribution in [0.5, 0.6) is 0 Å². The average molecular weight is 280 g/mol. The summed E-state index contributed by atoms with van der Waals surface area (Å²) in [5, 5.41) is 0.740. The van der Waals surface area contributed by atoms with E-state index in [9.17, 15) is 0 Å². The Hall–Kier alpha value is -0.830. The van der Waals surface area contributed by atoms with Crippen LogP contribution in [0.4, 0.5) is 0 Å². The Kier molecular flexibility index (Phi) is 4.10. The topological polar surface area (TPSA) is 26.0 Å². The minimum atomic E-state index is -0.374. The molecule has 0 aliphatic heterocycles.